The average molecular weight is 341 g/mol. The van der Waals surface area contributed by atoms with Crippen LogP contribution in [0.5, 0.6) is 0 Å². The zero-order chi connectivity index (χ0) is 14.8. The van der Waals surface area contributed by atoms with Gasteiger partial charge in [-0.05, 0) is 12.1 Å². The van der Waals surface area contributed by atoms with Crippen LogP contribution in [0.3, 0.4) is 0 Å². The van der Waals surface area contributed by atoms with Crippen molar-refractivity contribution < 1.29 is 17.9 Å². The van der Waals surface area contributed by atoms with Crippen LogP contribution in [-0.4, -0.2) is 40.9 Å². The van der Waals surface area contributed by atoms with Gasteiger partial charge in [0.25, 0.3) is 0 Å². The number of rotatable bonds is 4. The minimum atomic E-state index is -3.79. The second-order valence-electron chi connectivity index (χ2n) is 4.19. The number of nitrogen functional groups attached to an aromatic ring is 1. The Bertz CT molecular complexity index is 588. The van der Waals surface area contributed by atoms with Gasteiger partial charge in [0.15, 0.2) is 0 Å². The monoisotopic (exact) mass is 340 g/mol. The van der Waals surface area contributed by atoms with Crippen molar-refractivity contribution in [2.75, 3.05) is 32.1 Å². The molecule has 0 saturated carbocycles. The molecule has 0 aliphatic carbocycles. The molecule has 20 heavy (non-hydrogen) atoms. The zero-order valence-corrected chi connectivity index (χ0v) is 12.8. The lowest BCUT2D eigenvalue weighted by Gasteiger charge is -2.23. The molecule has 1 saturated heterocycles. The van der Waals surface area contributed by atoms with Crippen LogP contribution in [0.4, 0.5) is 5.69 Å². The summed E-state index contributed by atoms with van der Waals surface area (Å²) in [4.78, 5) is -0.113. The van der Waals surface area contributed by atoms with E-state index in [4.69, 9.17) is 38.4 Å². The average Bonchev–Trinajstić information content (AvgIpc) is 2.44. The van der Waals surface area contributed by atoms with E-state index >= 15 is 0 Å². The Morgan fingerprint density at radius 2 is 2.10 bits per heavy atom. The van der Waals surface area contributed by atoms with E-state index in [2.05, 4.69) is 4.72 Å². The quantitative estimate of drug-likeness (QED) is 0.805. The number of benzene rings is 1. The topological polar surface area (TPSA) is 90.7 Å². The van der Waals surface area contributed by atoms with E-state index < -0.39 is 10.0 Å². The van der Waals surface area contributed by atoms with Crippen molar-refractivity contribution in [3.63, 3.8) is 0 Å². The molecule has 0 bridgehead atoms. The van der Waals surface area contributed by atoms with E-state index in [-0.39, 0.29) is 33.3 Å². The number of sulfonamides is 1. The minimum Gasteiger partial charge on any atom is -0.396 e. The van der Waals surface area contributed by atoms with Crippen molar-refractivity contribution in [3.8, 4) is 0 Å². The van der Waals surface area contributed by atoms with Gasteiger partial charge < -0.3 is 15.2 Å². The first kappa shape index (κ1) is 15.8. The molecule has 1 heterocycles. The number of hydrogen-bond acceptors (Lipinski definition) is 5. The molecule has 1 aliphatic heterocycles. The van der Waals surface area contributed by atoms with Crippen molar-refractivity contribution in [1.82, 2.24) is 4.72 Å². The maximum absolute atomic E-state index is 12.2. The second-order valence-corrected chi connectivity index (χ2v) is 6.71. The van der Waals surface area contributed by atoms with Crippen molar-refractivity contribution in [2.24, 2.45) is 0 Å². The lowest BCUT2D eigenvalue weighted by molar-refractivity contribution is -0.0846. The van der Waals surface area contributed by atoms with E-state index in [1.165, 1.54) is 12.1 Å². The second kappa shape index (κ2) is 6.46. The molecule has 0 aromatic heterocycles. The third-order valence-corrected chi connectivity index (χ3v) is 5.08. The van der Waals surface area contributed by atoms with Crippen LogP contribution >= 0.6 is 23.2 Å². The van der Waals surface area contributed by atoms with Crippen LogP contribution in [0.1, 0.15) is 0 Å². The van der Waals surface area contributed by atoms with Gasteiger partial charge >= 0.3 is 0 Å². The molecular weight excluding hydrogens is 327 g/mol. The van der Waals surface area contributed by atoms with Gasteiger partial charge in [0, 0.05) is 6.54 Å². The fourth-order valence-electron chi connectivity index (χ4n) is 1.69. The summed E-state index contributed by atoms with van der Waals surface area (Å²) < 4.78 is 37.3. The van der Waals surface area contributed by atoms with E-state index in [1.54, 1.807) is 0 Å². The third-order valence-electron chi connectivity index (χ3n) is 2.77. The van der Waals surface area contributed by atoms with Crippen molar-refractivity contribution in [3.05, 3.63) is 22.2 Å². The van der Waals surface area contributed by atoms with Crippen LogP contribution in [0.25, 0.3) is 0 Å². The SMILES string of the molecule is Nc1c(Cl)ccc(S(=O)(=O)NCC2COCCO2)c1Cl. The molecule has 1 fully saturated rings. The standard InChI is InChI=1S/C11H14Cl2N2O4S/c12-8-1-2-9(10(13)11(8)14)20(16,17)15-5-7-6-18-3-4-19-7/h1-2,7,15H,3-6,14H2. The van der Waals surface area contributed by atoms with Gasteiger partial charge in [0.1, 0.15) is 4.90 Å². The first-order valence-electron chi connectivity index (χ1n) is 5.84. The van der Waals surface area contributed by atoms with Crippen LogP contribution in [0, 0.1) is 0 Å². The van der Waals surface area contributed by atoms with Gasteiger partial charge in [-0.1, -0.05) is 23.2 Å². The number of anilines is 1. The summed E-state index contributed by atoms with van der Waals surface area (Å²) >= 11 is 11.7. The first-order valence-corrected chi connectivity index (χ1v) is 8.08. The van der Waals surface area contributed by atoms with Crippen molar-refractivity contribution in [2.45, 2.75) is 11.0 Å². The summed E-state index contributed by atoms with van der Waals surface area (Å²) in [7, 11) is -3.79. The summed E-state index contributed by atoms with van der Waals surface area (Å²) in [6.45, 7) is 1.41. The lowest BCUT2D eigenvalue weighted by atomic mass is 10.3. The number of nitrogens with one attached hydrogen (secondary N) is 1. The molecule has 0 radical (unpaired) electrons. The van der Waals surface area contributed by atoms with Crippen LogP contribution in [0.2, 0.25) is 10.0 Å². The molecule has 1 aliphatic rings. The van der Waals surface area contributed by atoms with Gasteiger partial charge in [-0.15, -0.1) is 0 Å². The molecule has 0 amide bonds. The van der Waals surface area contributed by atoms with E-state index in [0.29, 0.717) is 19.8 Å². The van der Waals surface area contributed by atoms with Crippen LogP contribution < -0.4 is 10.5 Å². The normalized spacial score (nSPS) is 20.0. The van der Waals surface area contributed by atoms with Crippen molar-refractivity contribution >= 4 is 38.9 Å². The summed E-state index contributed by atoms with van der Waals surface area (Å²) in [5.74, 6) is 0. The molecule has 3 N–H and O–H groups in total. The molecule has 1 atom stereocenters. The van der Waals surface area contributed by atoms with Gasteiger partial charge in [0.2, 0.25) is 10.0 Å². The van der Waals surface area contributed by atoms with Crippen molar-refractivity contribution in [1.29, 1.82) is 0 Å². The Morgan fingerprint density at radius 1 is 1.35 bits per heavy atom. The maximum Gasteiger partial charge on any atom is 0.242 e. The Balaban J connectivity index is 2.12. The van der Waals surface area contributed by atoms with Gasteiger partial charge in [-0.25, -0.2) is 13.1 Å². The highest BCUT2D eigenvalue weighted by molar-refractivity contribution is 7.89. The molecular formula is C11H14Cl2N2O4S. The highest BCUT2D eigenvalue weighted by Crippen LogP contribution is 2.32. The fraction of sp³-hybridized carbons (Fsp3) is 0.455. The van der Waals surface area contributed by atoms with E-state index in [0.717, 1.165) is 0 Å². The largest absolute Gasteiger partial charge is 0.396 e. The predicted molar refractivity (Wildman–Crippen MR) is 76.6 cm³/mol. The zero-order valence-electron chi connectivity index (χ0n) is 10.4. The molecule has 112 valence electrons. The summed E-state index contributed by atoms with van der Waals surface area (Å²) in [5.41, 5.74) is 5.65. The summed E-state index contributed by atoms with van der Waals surface area (Å²) in [5, 5.41) is 0.115. The smallest absolute Gasteiger partial charge is 0.242 e. The molecule has 1 aromatic rings. The van der Waals surface area contributed by atoms with Gasteiger partial charge in [-0.3, -0.25) is 0 Å². The summed E-state index contributed by atoms with van der Waals surface area (Å²) in [6, 6.07) is 2.69. The van der Waals surface area contributed by atoms with Crippen LogP contribution in [-0.2, 0) is 19.5 Å². The molecule has 2 rings (SSSR count). The predicted octanol–water partition coefficient (Wildman–Crippen LogP) is 1.27. The lowest BCUT2D eigenvalue weighted by Crippen LogP contribution is -2.39. The first-order chi connectivity index (χ1) is 9.42. The fourth-order valence-corrected chi connectivity index (χ4v) is 3.52. The summed E-state index contributed by atoms with van der Waals surface area (Å²) in [6.07, 6.45) is -0.318. The highest BCUT2D eigenvalue weighted by atomic mass is 35.5. The minimum absolute atomic E-state index is 0.0356. The van der Waals surface area contributed by atoms with Gasteiger partial charge in [-0.2, -0.15) is 0 Å². The van der Waals surface area contributed by atoms with Gasteiger partial charge in [0.05, 0.1) is 41.7 Å². The number of halogens is 2. The molecule has 9 heteroatoms. The molecule has 1 unspecified atom stereocenters. The van der Waals surface area contributed by atoms with Crippen LogP contribution in [0.15, 0.2) is 17.0 Å². The number of ether oxygens (including phenoxy) is 2. The Kier molecular flexibility index (Phi) is 5.11. The molecule has 0 spiro atoms. The third kappa shape index (κ3) is 3.55. The number of nitrogens with two attached hydrogens (primary N) is 1. The maximum atomic E-state index is 12.2. The Morgan fingerprint density at radius 3 is 2.75 bits per heavy atom. The Hall–Kier alpha value is -0.570. The van der Waals surface area contributed by atoms with E-state index in [1.807, 2.05) is 0 Å². The highest BCUT2D eigenvalue weighted by Gasteiger charge is 2.23. The van der Waals surface area contributed by atoms with E-state index in [9.17, 15) is 8.42 Å². The molecule has 6 nitrogen and oxygen atoms in total. The molecule has 1 aromatic carbocycles. The number of hydrogen-bond donors (Lipinski definition) is 2. The Labute approximate surface area is 127 Å².